The fraction of sp³-hybridized carbons (Fsp3) is 0.167. The normalized spacial score (nSPS) is 12.5. The van der Waals surface area contributed by atoms with Gasteiger partial charge in [0.05, 0.1) is 5.52 Å². The minimum atomic E-state index is -0.193. The zero-order valence-electron chi connectivity index (χ0n) is 11.9. The summed E-state index contributed by atoms with van der Waals surface area (Å²) in [6, 6.07) is 17.0. The lowest BCUT2D eigenvalue weighted by Gasteiger charge is -2.18. The van der Waals surface area contributed by atoms with Gasteiger partial charge in [0.2, 0.25) is 0 Å². The van der Waals surface area contributed by atoms with Crippen LogP contribution in [0.1, 0.15) is 17.2 Å². The number of likely N-dealkylation sites (N-methyl/N-ethyl adjacent to an activating group) is 1. The molecular weight excluding hydrogens is 263 g/mol. The van der Waals surface area contributed by atoms with Crippen LogP contribution in [-0.2, 0) is 6.42 Å². The van der Waals surface area contributed by atoms with Gasteiger partial charge in [0, 0.05) is 17.6 Å². The van der Waals surface area contributed by atoms with E-state index in [1.54, 1.807) is 12.1 Å². The molecule has 1 unspecified atom stereocenters. The molecular formula is C18H17FN2. The number of aromatic nitrogens is 1. The van der Waals surface area contributed by atoms with Gasteiger partial charge in [-0.05, 0) is 48.9 Å². The quantitative estimate of drug-likeness (QED) is 0.784. The van der Waals surface area contributed by atoms with Gasteiger partial charge >= 0.3 is 0 Å². The largest absolute Gasteiger partial charge is 0.313 e. The molecule has 0 saturated heterocycles. The summed E-state index contributed by atoms with van der Waals surface area (Å²) in [5.41, 5.74) is 3.15. The second-order valence-corrected chi connectivity index (χ2v) is 5.09. The van der Waals surface area contributed by atoms with Crippen LogP contribution >= 0.6 is 0 Å². The average Bonchev–Trinajstić information content (AvgIpc) is 2.52. The van der Waals surface area contributed by atoms with Crippen molar-refractivity contribution in [1.82, 2.24) is 10.3 Å². The van der Waals surface area contributed by atoms with E-state index < -0.39 is 0 Å². The molecule has 1 heterocycles. The van der Waals surface area contributed by atoms with E-state index in [2.05, 4.69) is 16.4 Å². The molecule has 0 bridgehead atoms. The van der Waals surface area contributed by atoms with Crippen LogP contribution in [0.25, 0.3) is 10.9 Å². The Kier molecular flexibility index (Phi) is 3.93. The second-order valence-electron chi connectivity index (χ2n) is 5.09. The molecule has 0 saturated carbocycles. The summed E-state index contributed by atoms with van der Waals surface area (Å²) in [7, 11) is 1.93. The molecule has 0 spiro atoms. The topological polar surface area (TPSA) is 24.9 Å². The molecule has 0 radical (unpaired) electrons. The standard InChI is InChI=1S/C18H17FN2/c1-20-18(12-13-5-4-6-14(19)11-13)16-9-10-21-17-8-3-2-7-15(16)17/h2-11,18,20H,12H2,1H3. The Balaban J connectivity index is 1.98. The zero-order chi connectivity index (χ0) is 14.7. The number of para-hydroxylation sites is 1. The van der Waals surface area contributed by atoms with Gasteiger partial charge in [0.1, 0.15) is 5.82 Å². The molecule has 3 heteroatoms. The summed E-state index contributed by atoms with van der Waals surface area (Å²) in [5, 5.41) is 4.46. The van der Waals surface area contributed by atoms with Crippen molar-refractivity contribution < 1.29 is 4.39 Å². The van der Waals surface area contributed by atoms with Crippen molar-refractivity contribution in [2.24, 2.45) is 0 Å². The van der Waals surface area contributed by atoms with Gasteiger partial charge in [-0.2, -0.15) is 0 Å². The summed E-state index contributed by atoms with van der Waals surface area (Å²) in [5.74, 6) is -0.193. The third kappa shape index (κ3) is 2.93. The molecule has 3 rings (SSSR count). The molecule has 0 fully saturated rings. The summed E-state index contributed by atoms with van der Waals surface area (Å²) < 4.78 is 13.3. The van der Waals surface area contributed by atoms with Crippen LogP contribution < -0.4 is 5.32 Å². The highest BCUT2D eigenvalue weighted by atomic mass is 19.1. The van der Waals surface area contributed by atoms with E-state index in [0.717, 1.165) is 22.9 Å². The van der Waals surface area contributed by atoms with Gasteiger partial charge < -0.3 is 5.32 Å². The monoisotopic (exact) mass is 280 g/mol. The number of pyridine rings is 1. The molecule has 2 aromatic carbocycles. The Morgan fingerprint density at radius 3 is 2.76 bits per heavy atom. The van der Waals surface area contributed by atoms with Crippen molar-refractivity contribution >= 4 is 10.9 Å². The number of halogens is 1. The Labute approximate surface area is 123 Å². The molecule has 1 atom stereocenters. The maximum atomic E-state index is 13.3. The van der Waals surface area contributed by atoms with E-state index in [4.69, 9.17) is 0 Å². The summed E-state index contributed by atoms with van der Waals surface area (Å²) in [6.45, 7) is 0. The van der Waals surface area contributed by atoms with Crippen LogP contribution in [0, 0.1) is 5.82 Å². The number of benzene rings is 2. The first-order valence-electron chi connectivity index (χ1n) is 7.03. The van der Waals surface area contributed by atoms with E-state index in [1.807, 2.05) is 43.6 Å². The predicted octanol–water partition coefficient (Wildman–Crippen LogP) is 3.88. The smallest absolute Gasteiger partial charge is 0.123 e. The summed E-state index contributed by atoms with van der Waals surface area (Å²) in [4.78, 5) is 4.39. The van der Waals surface area contributed by atoms with Crippen molar-refractivity contribution in [2.75, 3.05) is 7.05 Å². The highest BCUT2D eigenvalue weighted by molar-refractivity contribution is 5.82. The predicted molar refractivity (Wildman–Crippen MR) is 83.6 cm³/mol. The van der Waals surface area contributed by atoms with Crippen molar-refractivity contribution in [1.29, 1.82) is 0 Å². The zero-order valence-corrected chi connectivity index (χ0v) is 11.9. The average molecular weight is 280 g/mol. The maximum absolute atomic E-state index is 13.3. The van der Waals surface area contributed by atoms with Gasteiger partial charge in [0.15, 0.2) is 0 Å². The van der Waals surface area contributed by atoms with Gasteiger partial charge in [-0.1, -0.05) is 30.3 Å². The molecule has 3 aromatic rings. The van der Waals surface area contributed by atoms with Crippen molar-refractivity contribution in [3.63, 3.8) is 0 Å². The van der Waals surface area contributed by atoms with Gasteiger partial charge in [-0.15, -0.1) is 0 Å². The first-order chi connectivity index (χ1) is 10.3. The number of hydrogen-bond acceptors (Lipinski definition) is 2. The highest BCUT2D eigenvalue weighted by Crippen LogP contribution is 2.25. The molecule has 0 aliphatic carbocycles. The Hall–Kier alpha value is -2.26. The Bertz CT molecular complexity index is 750. The summed E-state index contributed by atoms with van der Waals surface area (Å²) >= 11 is 0. The summed E-state index contributed by atoms with van der Waals surface area (Å²) in [6.07, 6.45) is 2.57. The van der Waals surface area contributed by atoms with Crippen molar-refractivity contribution in [3.05, 3.63) is 77.7 Å². The maximum Gasteiger partial charge on any atom is 0.123 e. The van der Waals surface area contributed by atoms with Crippen LogP contribution in [0.4, 0.5) is 4.39 Å². The molecule has 1 N–H and O–H groups in total. The Morgan fingerprint density at radius 2 is 1.95 bits per heavy atom. The van der Waals surface area contributed by atoms with E-state index >= 15 is 0 Å². The molecule has 106 valence electrons. The van der Waals surface area contributed by atoms with E-state index in [1.165, 1.54) is 11.6 Å². The van der Waals surface area contributed by atoms with Crippen LogP contribution in [0.2, 0.25) is 0 Å². The lowest BCUT2D eigenvalue weighted by atomic mass is 9.96. The van der Waals surface area contributed by atoms with Crippen LogP contribution in [-0.4, -0.2) is 12.0 Å². The molecule has 0 aliphatic heterocycles. The Morgan fingerprint density at radius 1 is 1.10 bits per heavy atom. The highest BCUT2D eigenvalue weighted by Gasteiger charge is 2.13. The minimum absolute atomic E-state index is 0.125. The van der Waals surface area contributed by atoms with E-state index in [9.17, 15) is 4.39 Å². The second kappa shape index (κ2) is 6.02. The van der Waals surface area contributed by atoms with Crippen molar-refractivity contribution in [2.45, 2.75) is 12.5 Å². The first kappa shape index (κ1) is 13.7. The van der Waals surface area contributed by atoms with Gasteiger partial charge in [0.25, 0.3) is 0 Å². The third-order valence-electron chi connectivity index (χ3n) is 3.74. The number of nitrogens with zero attached hydrogens (tertiary/aromatic N) is 1. The van der Waals surface area contributed by atoms with Crippen LogP contribution in [0.5, 0.6) is 0 Å². The number of hydrogen-bond donors (Lipinski definition) is 1. The molecule has 0 amide bonds. The number of nitrogens with one attached hydrogen (secondary N) is 1. The molecule has 1 aromatic heterocycles. The first-order valence-corrected chi connectivity index (χ1v) is 7.03. The van der Waals surface area contributed by atoms with Gasteiger partial charge in [-0.3, -0.25) is 4.98 Å². The van der Waals surface area contributed by atoms with Crippen LogP contribution in [0.15, 0.2) is 60.8 Å². The van der Waals surface area contributed by atoms with Crippen molar-refractivity contribution in [3.8, 4) is 0 Å². The fourth-order valence-corrected chi connectivity index (χ4v) is 2.69. The third-order valence-corrected chi connectivity index (χ3v) is 3.74. The van der Waals surface area contributed by atoms with Gasteiger partial charge in [-0.25, -0.2) is 4.39 Å². The van der Waals surface area contributed by atoms with Crippen LogP contribution in [0.3, 0.4) is 0 Å². The number of fused-ring (bicyclic) bond motifs is 1. The molecule has 21 heavy (non-hydrogen) atoms. The van der Waals surface area contributed by atoms with E-state index in [0.29, 0.717) is 0 Å². The molecule has 0 aliphatic rings. The fourth-order valence-electron chi connectivity index (χ4n) is 2.69. The molecule has 2 nitrogen and oxygen atoms in total. The van der Waals surface area contributed by atoms with E-state index in [-0.39, 0.29) is 11.9 Å². The number of rotatable bonds is 4. The lowest BCUT2D eigenvalue weighted by molar-refractivity contribution is 0.587. The minimum Gasteiger partial charge on any atom is -0.313 e. The lowest BCUT2D eigenvalue weighted by Crippen LogP contribution is -2.19. The SMILES string of the molecule is CNC(Cc1cccc(F)c1)c1ccnc2ccccc12.